The Balaban J connectivity index is 0.000000493. The van der Waals surface area contributed by atoms with Crippen LogP contribution in [-0.2, 0) is 9.59 Å². The van der Waals surface area contributed by atoms with Crippen molar-refractivity contribution in [2.24, 2.45) is 4.99 Å². The molecule has 2 aromatic carbocycles. The first-order chi connectivity index (χ1) is 17.2. The van der Waals surface area contributed by atoms with Gasteiger partial charge in [0.25, 0.3) is 0 Å². The molecule has 0 bridgehead atoms. The van der Waals surface area contributed by atoms with E-state index in [1.54, 1.807) is 12.1 Å². The third-order valence-corrected chi connectivity index (χ3v) is 5.39. The smallest absolute Gasteiger partial charge is 0.328 e. The molecule has 2 amide bonds. The highest BCUT2D eigenvalue weighted by atomic mass is 35.5. The molecule has 0 radical (unpaired) electrons. The Labute approximate surface area is 218 Å². The fraction of sp³-hybridized carbons (Fsp3) is 0.250. The minimum Gasteiger partial charge on any atom is -0.478 e. The zero-order valence-corrected chi connectivity index (χ0v) is 21.0. The Hall–Kier alpha value is -3.76. The number of urea groups is 1. The van der Waals surface area contributed by atoms with E-state index in [4.69, 9.17) is 33.4 Å². The van der Waals surface area contributed by atoms with Crippen LogP contribution in [0, 0.1) is 6.92 Å². The number of hydrogen-bond acceptors (Lipinski definition) is 6. The van der Waals surface area contributed by atoms with Gasteiger partial charge in [-0.2, -0.15) is 0 Å². The van der Waals surface area contributed by atoms with Crippen LogP contribution in [0.2, 0.25) is 10.0 Å². The van der Waals surface area contributed by atoms with Crippen LogP contribution in [0.3, 0.4) is 0 Å². The van der Waals surface area contributed by atoms with E-state index in [-0.39, 0.29) is 6.03 Å². The first-order valence-corrected chi connectivity index (χ1v) is 11.6. The minimum absolute atomic E-state index is 0.220. The number of aliphatic imine (C=N–C) groups is 1. The molecule has 1 aliphatic heterocycles. The minimum atomic E-state index is -1.26. The van der Waals surface area contributed by atoms with Gasteiger partial charge in [0, 0.05) is 37.5 Å². The van der Waals surface area contributed by atoms with Gasteiger partial charge in [0.15, 0.2) is 0 Å². The van der Waals surface area contributed by atoms with Gasteiger partial charge < -0.3 is 31.1 Å². The van der Waals surface area contributed by atoms with Crippen molar-refractivity contribution in [2.75, 3.05) is 43.4 Å². The topological polar surface area (TPSA) is 143 Å². The van der Waals surface area contributed by atoms with Gasteiger partial charge in [-0.15, -0.1) is 0 Å². The van der Waals surface area contributed by atoms with Crippen molar-refractivity contribution in [2.45, 2.75) is 6.92 Å². The summed E-state index contributed by atoms with van der Waals surface area (Å²) in [5.74, 6) is -1.59. The Morgan fingerprint density at radius 3 is 2.22 bits per heavy atom. The summed E-state index contributed by atoms with van der Waals surface area (Å²) in [7, 11) is 0. The molecular weight excluding hydrogens is 509 g/mol. The number of carbonyl (C=O) groups is 3. The molecule has 0 spiro atoms. The van der Waals surface area contributed by atoms with Gasteiger partial charge in [0.1, 0.15) is 5.84 Å². The summed E-state index contributed by atoms with van der Waals surface area (Å²) in [4.78, 5) is 37.8. The molecule has 0 atom stereocenters. The number of para-hydroxylation sites is 1. The van der Waals surface area contributed by atoms with Crippen LogP contribution in [0.5, 0.6) is 0 Å². The molecule has 10 nitrogen and oxygen atoms in total. The maximum atomic E-state index is 12.0. The first-order valence-electron chi connectivity index (χ1n) is 10.9. The van der Waals surface area contributed by atoms with Crippen molar-refractivity contribution in [3.8, 4) is 0 Å². The van der Waals surface area contributed by atoms with Crippen LogP contribution in [-0.4, -0.2) is 71.6 Å². The fourth-order valence-corrected chi connectivity index (χ4v) is 3.56. The summed E-state index contributed by atoms with van der Waals surface area (Å²) in [5, 5.41) is 25.7. The Bertz CT molecular complexity index is 1090. The van der Waals surface area contributed by atoms with E-state index in [2.05, 4.69) is 25.8 Å². The van der Waals surface area contributed by atoms with E-state index in [9.17, 15) is 14.4 Å². The molecule has 36 heavy (non-hydrogen) atoms. The Kier molecular flexibility index (Phi) is 11.5. The van der Waals surface area contributed by atoms with Crippen molar-refractivity contribution in [3.05, 3.63) is 70.2 Å². The number of carbonyl (C=O) groups excluding carboxylic acids is 1. The predicted octanol–water partition coefficient (Wildman–Crippen LogP) is 3.96. The largest absolute Gasteiger partial charge is 0.478 e. The molecule has 0 fully saturated rings. The molecule has 3 rings (SSSR count). The molecule has 1 heterocycles. The highest BCUT2D eigenvalue weighted by Crippen LogP contribution is 2.29. The number of hydrogen-bond donors (Lipinski definition) is 5. The predicted molar refractivity (Wildman–Crippen MR) is 141 cm³/mol. The van der Waals surface area contributed by atoms with Crippen LogP contribution < -0.4 is 16.0 Å². The molecular formula is C24H27Cl2N5O5. The van der Waals surface area contributed by atoms with E-state index >= 15 is 0 Å². The van der Waals surface area contributed by atoms with E-state index < -0.39 is 11.9 Å². The molecule has 5 N–H and O–H groups in total. The van der Waals surface area contributed by atoms with E-state index in [1.807, 2.05) is 37.3 Å². The molecule has 1 aliphatic rings. The van der Waals surface area contributed by atoms with Gasteiger partial charge in [0.2, 0.25) is 0 Å². The van der Waals surface area contributed by atoms with Gasteiger partial charge in [-0.1, -0.05) is 47.0 Å². The van der Waals surface area contributed by atoms with Gasteiger partial charge in [-0.25, -0.2) is 14.4 Å². The number of amidine groups is 1. The van der Waals surface area contributed by atoms with Crippen molar-refractivity contribution in [1.82, 2.24) is 10.2 Å². The summed E-state index contributed by atoms with van der Waals surface area (Å²) in [6, 6.07) is 12.9. The lowest BCUT2D eigenvalue weighted by molar-refractivity contribution is -0.134. The fourth-order valence-electron chi connectivity index (χ4n) is 3.03. The second kappa shape index (κ2) is 14.6. The summed E-state index contributed by atoms with van der Waals surface area (Å²) in [6.45, 7) is 5.30. The Morgan fingerprint density at radius 2 is 1.64 bits per heavy atom. The first kappa shape index (κ1) is 28.5. The zero-order valence-electron chi connectivity index (χ0n) is 19.5. The number of carboxylic acid groups (broad SMARTS) is 2. The van der Waals surface area contributed by atoms with Crippen molar-refractivity contribution in [3.63, 3.8) is 0 Å². The van der Waals surface area contributed by atoms with Crippen LogP contribution >= 0.6 is 23.2 Å². The van der Waals surface area contributed by atoms with E-state index in [0.717, 1.165) is 30.2 Å². The monoisotopic (exact) mass is 535 g/mol. The number of aryl methyl sites for hydroxylation is 1. The van der Waals surface area contributed by atoms with Gasteiger partial charge in [0.05, 0.1) is 28.8 Å². The molecule has 0 saturated heterocycles. The SMILES string of the molecule is Cc1ccc(NC(=O)NCCN2CCN=C2CNc2c(Cl)cccc2Cl)cc1.O=C(O)/C=C\C(=O)O. The molecule has 12 heteroatoms. The summed E-state index contributed by atoms with van der Waals surface area (Å²) in [5.41, 5.74) is 2.63. The van der Waals surface area contributed by atoms with Crippen molar-refractivity contribution in [1.29, 1.82) is 0 Å². The van der Waals surface area contributed by atoms with Crippen LogP contribution in [0.1, 0.15) is 5.56 Å². The standard InChI is InChI=1S/C20H23Cl2N5O.C4H4O4/c1-14-5-7-15(8-6-14)26-20(28)24-10-12-27-11-9-23-18(27)13-25-19-16(21)3-2-4-17(19)22;5-3(6)1-2-4(7)8/h2-8,25H,9-13H2,1H3,(H2,24,26,28);1-2H,(H,5,6)(H,7,8)/b;2-1-. The normalized spacial score (nSPS) is 12.4. The molecule has 192 valence electrons. The van der Waals surface area contributed by atoms with Crippen LogP contribution in [0.4, 0.5) is 16.2 Å². The lowest BCUT2D eigenvalue weighted by Gasteiger charge is -2.21. The molecule has 0 saturated carbocycles. The zero-order chi connectivity index (χ0) is 26.5. The van der Waals surface area contributed by atoms with Gasteiger partial charge >= 0.3 is 18.0 Å². The molecule has 2 aromatic rings. The van der Waals surface area contributed by atoms with E-state index in [1.165, 1.54) is 0 Å². The third-order valence-electron chi connectivity index (χ3n) is 4.76. The number of nitrogens with zero attached hydrogens (tertiary/aromatic N) is 2. The average molecular weight is 536 g/mol. The second-order valence-corrected chi connectivity index (χ2v) is 8.31. The number of benzene rings is 2. The lowest BCUT2D eigenvalue weighted by atomic mass is 10.2. The second-order valence-electron chi connectivity index (χ2n) is 7.49. The number of halogens is 2. The number of nitrogens with one attached hydrogen (secondary N) is 3. The molecule has 0 aliphatic carbocycles. The average Bonchev–Trinajstić information content (AvgIpc) is 3.26. The van der Waals surface area contributed by atoms with Gasteiger partial charge in [-0.3, -0.25) is 4.99 Å². The van der Waals surface area contributed by atoms with Crippen LogP contribution in [0.25, 0.3) is 0 Å². The number of rotatable bonds is 9. The van der Waals surface area contributed by atoms with E-state index in [0.29, 0.717) is 47.5 Å². The summed E-state index contributed by atoms with van der Waals surface area (Å²) < 4.78 is 0. The third kappa shape index (κ3) is 10.2. The number of aliphatic carboxylic acids is 2. The number of carboxylic acids is 2. The van der Waals surface area contributed by atoms with Crippen molar-refractivity contribution < 1.29 is 24.6 Å². The lowest BCUT2D eigenvalue weighted by Crippen LogP contribution is -2.40. The number of anilines is 2. The highest BCUT2D eigenvalue weighted by molar-refractivity contribution is 6.39. The maximum absolute atomic E-state index is 12.0. The molecule has 0 unspecified atom stereocenters. The highest BCUT2D eigenvalue weighted by Gasteiger charge is 2.17. The quantitative estimate of drug-likeness (QED) is 0.305. The summed E-state index contributed by atoms with van der Waals surface area (Å²) >= 11 is 12.4. The molecule has 0 aromatic heterocycles. The summed E-state index contributed by atoms with van der Waals surface area (Å²) in [6.07, 6.45) is 1.12. The van der Waals surface area contributed by atoms with Crippen LogP contribution in [0.15, 0.2) is 59.6 Å². The maximum Gasteiger partial charge on any atom is 0.328 e. The van der Waals surface area contributed by atoms with Gasteiger partial charge in [-0.05, 0) is 31.2 Å². The Morgan fingerprint density at radius 1 is 1.03 bits per heavy atom. The number of amides is 2. The van der Waals surface area contributed by atoms with Crippen molar-refractivity contribution >= 4 is 58.4 Å².